The van der Waals surface area contributed by atoms with Crippen molar-refractivity contribution in [2.75, 3.05) is 0 Å². The van der Waals surface area contributed by atoms with E-state index in [0.29, 0.717) is 19.0 Å². The first-order valence-electron chi connectivity index (χ1n) is 2.54. The van der Waals surface area contributed by atoms with Gasteiger partial charge in [0.2, 0.25) is 0 Å². The van der Waals surface area contributed by atoms with Crippen LogP contribution in [0.25, 0.3) is 0 Å². The molecule has 2 nitrogen and oxygen atoms in total. The molecule has 2 heteroatoms. The molecule has 9 heavy (non-hydrogen) atoms. The van der Waals surface area contributed by atoms with Crippen LogP contribution in [0, 0.1) is 6.10 Å². The highest BCUT2D eigenvalue weighted by atomic mass is 16.5. The van der Waals surface area contributed by atoms with Gasteiger partial charge in [-0.25, -0.2) is 0 Å². The molecule has 0 aliphatic carbocycles. The highest BCUT2D eigenvalue weighted by molar-refractivity contribution is 5.40. The van der Waals surface area contributed by atoms with Crippen molar-refractivity contribution in [2.45, 2.75) is 6.42 Å². The molecule has 0 heterocycles. The molecule has 0 aliphatic heterocycles. The van der Waals surface area contributed by atoms with E-state index in [1.807, 2.05) is 0 Å². The normalized spacial score (nSPS) is 8.56. The Bertz CT molecular complexity index is 97.5. The Morgan fingerprint density at radius 3 is 2.56 bits per heavy atom. The maximum Gasteiger partial charge on any atom is 0.294 e. The molecular formula is C7H9O2. The van der Waals surface area contributed by atoms with Gasteiger partial charge in [-0.05, 0) is 6.08 Å². The molecule has 0 N–H and O–H groups in total. The number of hydrogen-bond donors (Lipinski definition) is 0. The van der Waals surface area contributed by atoms with Crippen molar-refractivity contribution in [1.82, 2.24) is 0 Å². The smallest absolute Gasteiger partial charge is 0.294 e. The van der Waals surface area contributed by atoms with E-state index in [0.717, 1.165) is 0 Å². The zero-order valence-electron chi connectivity index (χ0n) is 5.17. The van der Waals surface area contributed by atoms with Crippen molar-refractivity contribution in [3.8, 4) is 0 Å². The van der Waals surface area contributed by atoms with Crippen LogP contribution in [-0.2, 0) is 9.53 Å². The van der Waals surface area contributed by atoms with Gasteiger partial charge in [-0.15, -0.1) is 6.58 Å². The number of rotatable bonds is 5. The lowest BCUT2D eigenvalue weighted by Crippen LogP contribution is -1.95. The van der Waals surface area contributed by atoms with Crippen molar-refractivity contribution in [1.29, 1.82) is 0 Å². The Hall–Kier alpha value is -1.05. The molecule has 0 bridgehead atoms. The first kappa shape index (κ1) is 7.95. The minimum Gasteiger partial charge on any atom is -0.452 e. The number of hydrogen-bond acceptors (Lipinski definition) is 2. The first-order valence-corrected chi connectivity index (χ1v) is 2.54. The van der Waals surface area contributed by atoms with E-state index in [1.54, 1.807) is 6.08 Å². The lowest BCUT2D eigenvalue weighted by Gasteiger charge is -2.02. The Kier molecular flexibility index (Phi) is 4.50. The largest absolute Gasteiger partial charge is 0.452 e. The van der Waals surface area contributed by atoms with E-state index in [-0.39, 0.29) is 0 Å². The monoisotopic (exact) mass is 125 g/mol. The lowest BCUT2D eigenvalue weighted by atomic mass is 10.2. The Labute approximate surface area is 54.8 Å². The first-order chi connectivity index (χ1) is 4.35. The second-order valence-corrected chi connectivity index (χ2v) is 1.38. The highest BCUT2D eigenvalue weighted by Crippen LogP contribution is 2.06. The molecular weight excluding hydrogens is 116 g/mol. The van der Waals surface area contributed by atoms with Crippen molar-refractivity contribution in [2.24, 2.45) is 0 Å². The molecule has 0 rings (SSSR count). The maximum atomic E-state index is 9.72. The summed E-state index contributed by atoms with van der Waals surface area (Å²) >= 11 is 0. The van der Waals surface area contributed by atoms with Crippen LogP contribution in [0.4, 0.5) is 0 Å². The van der Waals surface area contributed by atoms with E-state index in [9.17, 15) is 4.79 Å². The highest BCUT2D eigenvalue weighted by Gasteiger charge is 2.00. The quantitative estimate of drug-likeness (QED) is 0.410. The van der Waals surface area contributed by atoms with Gasteiger partial charge in [-0.1, -0.05) is 12.7 Å². The van der Waals surface area contributed by atoms with Crippen LogP contribution in [0.5, 0.6) is 0 Å². The van der Waals surface area contributed by atoms with E-state index in [2.05, 4.69) is 17.9 Å². The van der Waals surface area contributed by atoms with Gasteiger partial charge in [-0.2, -0.15) is 0 Å². The summed E-state index contributed by atoms with van der Waals surface area (Å²) in [6.45, 7) is 7.27. The van der Waals surface area contributed by atoms with Crippen molar-refractivity contribution < 1.29 is 9.53 Å². The molecule has 49 valence electrons. The van der Waals surface area contributed by atoms with Crippen LogP contribution < -0.4 is 0 Å². The summed E-state index contributed by atoms with van der Waals surface area (Å²) in [6, 6.07) is 0. The average molecular weight is 125 g/mol. The Morgan fingerprint density at radius 2 is 2.22 bits per heavy atom. The third-order valence-corrected chi connectivity index (χ3v) is 0.773. The third-order valence-electron chi connectivity index (χ3n) is 0.773. The Balaban J connectivity index is 3.51. The summed E-state index contributed by atoms with van der Waals surface area (Å²) in [5.41, 5.74) is 0. The van der Waals surface area contributed by atoms with Gasteiger partial charge in [0.15, 0.2) is 6.10 Å². The molecule has 0 aromatic heterocycles. The molecule has 0 saturated carbocycles. The second kappa shape index (κ2) is 5.09. The molecule has 0 amide bonds. The van der Waals surface area contributed by atoms with Crippen LogP contribution in [0.2, 0.25) is 0 Å². The predicted octanol–water partition coefficient (Wildman–Crippen LogP) is 1.45. The van der Waals surface area contributed by atoms with Crippen LogP contribution in [0.15, 0.2) is 25.3 Å². The van der Waals surface area contributed by atoms with Crippen LogP contribution in [-0.4, -0.2) is 6.47 Å². The van der Waals surface area contributed by atoms with Crippen molar-refractivity contribution >= 4 is 6.47 Å². The maximum absolute atomic E-state index is 9.72. The van der Waals surface area contributed by atoms with Gasteiger partial charge in [0, 0.05) is 6.42 Å². The van der Waals surface area contributed by atoms with Gasteiger partial charge in [0.1, 0.15) is 0 Å². The van der Waals surface area contributed by atoms with E-state index >= 15 is 0 Å². The molecule has 1 radical (unpaired) electrons. The molecule has 0 aromatic rings. The van der Waals surface area contributed by atoms with E-state index in [4.69, 9.17) is 0 Å². The standard InChI is InChI=1S/C7H9O2/c1-3-5-7(4-2)9-6-8/h3-4,6H,1-2,5H2. The zero-order chi connectivity index (χ0) is 7.11. The topological polar surface area (TPSA) is 26.3 Å². The lowest BCUT2D eigenvalue weighted by molar-refractivity contribution is -0.127. The van der Waals surface area contributed by atoms with E-state index < -0.39 is 0 Å². The van der Waals surface area contributed by atoms with Gasteiger partial charge < -0.3 is 4.74 Å². The van der Waals surface area contributed by atoms with Crippen LogP contribution in [0.1, 0.15) is 6.42 Å². The molecule has 0 spiro atoms. The number of carbonyl (C=O) groups is 1. The number of carbonyl (C=O) groups excluding carboxylic acids is 1. The van der Waals surface area contributed by atoms with Gasteiger partial charge in [-0.3, -0.25) is 4.79 Å². The fourth-order valence-electron chi connectivity index (χ4n) is 0.384. The predicted molar refractivity (Wildman–Crippen MR) is 35.4 cm³/mol. The molecule has 0 fully saturated rings. The molecule has 0 aromatic carbocycles. The minimum absolute atomic E-state index is 0.376. The molecule has 0 atom stereocenters. The van der Waals surface area contributed by atoms with Gasteiger partial charge >= 0.3 is 0 Å². The van der Waals surface area contributed by atoms with Crippen LogP contribution >= 0.6 is 0 Å². The Morgan fingerprint density at radius 1 is 1.56 bits per heavy atom. The van der Waals surface area contributed by atoms with Gasteiger partial charge in [0.25, 0.3) is 6.47 Å². The third kappa shape index (κ3) is 3.53. The molecule has 0 aliphatic rings. The summed E-state index contributed by atoms with van der Waals surface area (Å²) < 4.78 is 4.48. The molecule has 0 saturated heterocycles. The van der Waals surface area contributed by atoms with Crippen molar-refractivity contribution in [3.05, 3.63) is 31.4 Å². The summed E-state index contributed by atoms with van der Waals surface area (Å²) in [5, 5.41) is 0. The van der Waals surface area contributed by atoms with Gasteiger partial charge in [0.05, 0.1) is 0 Å². The fraction of sp³-hybridized carbons (Fsp3) is 0.143. The molecule has 0 unspecified atom stereocenters. The summed E-state index contributed by atoms with van der Waals surface area (Å²) in [4.78, 5) is 9.72. The van der Waals surface area contributed by atoms with Crippen molar-refractivity contribution in [3.63, 3.8) is 0 Å². The second-order valence-electron chi connectivity index (χ2n) is 1.38. The summed E-state index contributed by atoms with van der Waals surface area (Å²) in [7, 11) is 0. The summed E-state index contributed by atoms with van der Waals surface area (Å²) in [6.07, 6.45) is 4.19. The zero-order valence-corrected chi connectivity index (χ0v) is 5.17. The average Bonchev–Trinajstić information content (AvgIpc) is 1.88. The fourth-order valence-corrected chi connectivity index (χ4v) is 0.384. The number of ether oxygens (including phenoxy) is 1. The minimum atomic E-state index is 0.376. The van der Waals surface area contributed by atoms with Crippen LogP contribution in [0.3, 0.4) is 0 Å². The summed E-state index contributed by atoms with van der Waals surface area (Å²) in [5.74, 6) is 0. The van der Waals surface area contributed by atoms with E-state index in [1.165, 1.54) is 6.08 Å². The SMILES string of the molecule is C=CC[C](C=C)OC=O.